The molecule has 9 heteroatoms. The maximum atomic E-state index is 13.6. The first-order valence-corrected chi connectivity index (χ1v) is 10.6. The van der Waals surface area contributed by atoms with Gasteiger partial charge in [-0.3, -0.25) is 14.4 Å². The number of halogens is 1. The smallest absolute Gasteiger partial charge is 0.255 e. The van der Waals surface area contributed by atoms with E-state index < -0.39 is 63.7 Å². The van der Waals surface area contributed by atoms with Crippen molar-refractivity contribution < 1.29 is 39.2 Å². The van der Waals surface area contributed by atoms with Crippen molar-refractivity contribution in [2.24, 2.45) is 17.6 Å². The molecule has 6 N–H and O–H groups in total. The highest BCUT2D eigenvalue weighted by Gasteiger charge is 2.61. The van der Waals surface area contributed by atoms with Gasteiger partial charge in [-0.05, 0) is 35.7 Å². The van der Waals surface area contributed by atoms with Gasteiger partial charge in [-0.15, -0.1) is 0 Å². The van der Waals surface area contributed by atoms with Gasteiger partial charge in [0.2, 0.25) is 5.78 Å². The van der Waals surface area contributed by atoms with Gasteiger partial charge in [0.05, 0.1) is 5.56 Å². The van der Waals surface area contributed by atoms with Gasteiger partial charge in [0.25, 0.3) is 5.91 Å². The topological polar surface area (TPSA) is 158 Å². The molecule has 0 heterocycles. The van der Waals surface area contributed by atoms with Crippen LogP contribution in [0, 0.1) is 17.7 Å². The van der Waals surface area contributed by atoms with E-state index in [4.69, 9.17) is 5.73 Å². The average Bonchev–Trinajstić information content (AvgIpc) is 2.77. The lowest BCUT2D eigenvalue weighted by Crippen LogP contribution is -2.57. The predicted molar refractivity (Wildman–Crippen MR) is 115 cm³/mol. The molecule has 0 bridgehead atoms. The van der Waals surface area contributed by atoms with E-state index in [1.54, 1.807) is 12.1 Å². The Labute approximate surface area is 192 Å². The van der Waals surface area contributed by atoms with Crippen molar-refractivity contribution in [3.05, 3.63) is 87.6 Å². The van der Waals surface area contributed by atoms with Crippen molar-refractivity contribution >= 4 is 17.5 Å². The Morgan fingerprint density at radius 1 is 1.06 bits per heavy atom. The molecule has 0 fully saturated rings. The first kappa shape index (κ1) is 21.8. The van der Waals surface area contributed by atoms with Crippen molar-refractivity contribution in [3.8, 4) is 5.75 Å². The Morgan fingerprint density at radius 3 is 2.38 bits per heavy atom. The van der Waals surface area contributed by atoms with E-state index in [0.29, 0.717) is 11.1 Å². The lowest BCUT2D eigenvalue weighted by atomic mass is 9.57. The molecule has 2 aromatic rings. The zero-order chi connectivity index (χ0) is 24.5. The van der Waals surface area contributed by atoms with E-state index in [2.05, 4.69) is 0 Å². The standard InChI is InChI=1S/C25H20FNO7/c26-12-6-4-10(5-7-12)17-13-2-1-3-15(28)18(13)21(30)19-14(17)8-11-9-16(29)20(24(27)33)23(32)25(11,34)22(19)31/h1-7,11,14,17,28-29,31,34H,8-9H2,(H2,27,33)/t11-,14?,17-,25-/m0/s1. The minimum atomic E-state index is -2.65. The van der Waals surface area contributed by atoms with E-state index in [-0.39, 0.29) is 29.7 Å². The Kier molecular flexibility index (Phi) is 4.66. The number of aliphatic hydroxyl groups is 3. The Hall–Kier alpha value is -3.98. The van der Waals surface area contributed by atoms with Crippen molar-refractivity contribution in [1.82, 2.24) is 0 Å². The molecule has 174 valence electrons. The van der Waals surface area contributed by atoms with Crippen LogP contribution in [0.2, 0.25) is 0 Å². The van der Waals surface area contributed by atoms with Crippen LogP contribution in [0.4, 0.5) is 4.39 Å². The molecule has 1 amide bonds. The van der Waals surface area contributed by atoms with Crippen LogP contribution in [0.25, 0.3) is 0 Å². The Balaban J connectivity index is 1.78. The van der Waals surface area contributed by atoms with Crippen molar-refractivity contribution in [2.45, 2.75) is 24.4 Å². The summed E-state index contributed by atoms with van der Waals surface area (Å²) in [5, 5.41) is 43.4. The number of carbonyl (C=O) groups is 3. The number of primary amides is 1. The molecule has 0 aromatic heterocycles. The largest absolute Gasteiger partial charge is 0.511 e. The van der Waals surface area contributed by atoms with Crippen LogP contribution in [0.15, 0.2) is 65.1 Å². The molecule has 3 aliphatic carbocycles. The highest BCUT2D eigenvalue weighted by Crippen LogP contribution is 2.56. The fraction of sp³-hybridized carbons (Fsp3) is 0.240. The molecule has 0 spiro atoms. The summed E-state index contributed by atoms with van der Waals surface area (Å²) in [6.45, 7) is 0. The second kappa shape index (κ2) is 7.26. The third kappa shape index (κ3) is 2.76. The summed E-state index contributed by atoms with van der Waals surface area (Å²) >= 11 is 0. The molecule has 0 saturated carbocycles. The lowest BCUT2D eigenvalue weighted by Gasteiger charge is -2.48. The molecule has 0 aliphatic heterocycles. The zero-order valence-electron chi connectivity index (χ0n) is 17.7. The summed E-state index contributed by atoms with van der Waals surface area (Å²) in [5.74, 6) is -8.16. The molecule has 8 nitrogen and oxygen atoms in total. The minimum absolute atomic E-state index is 0.0272. The number of ketones is 2. The summed E-state index contributed by atoms with van der Waals surface area (Å²) in [6, 6.07) is 10.0. The van der Waals surface area contributed by atoms with Gasteiger partial charge >= 0.3 is 0 Å². The van der Waals surface area contributed by atoms with Gasteiger partial charge in [0.15, 0.2) is 11.4 Å². The van der Waals surface area contributed by atoms with Crippen LogP contribution < -0.4 is 5.73 Å². The molecular weight excluding hydrogens is 445 g/mol. The normalized spacial score (nSPS) is 28.4. The molecule has 2 aromatic carbocycles. The summed E-state index contributed by atoms with van der Waals surface area (Å²) in [5.41, 5.74) is 2.39. The fourth-order valence-corrected chi connectivity index (χ4v) is 5.68. The average molecular weight is 465 g/mol. The zero-order valence-corrected chi connectivity index (χ0v) is 17.7. The van der Waals surface area contributed by atoms with Crippen LogP contribution in [-0.2, 0) is 9.59 Å². The summed E-state index contributed by atoms with van der Waals surface area (Å²) in [6.07, 6.45) is -0.355. The number of rotatable bonds is 2. The Bertz CT molecular complexity index is 1340. The van der Waals surface area contributed by atoms with Gasteiger partial charge < -0.3 is 26.2 Å². The monoisotopic (exact) mass is 465 g/mol. The lowest BCUT2D eigenvalue weighted by molar-refractivity contribution is -0.144. The molecule has 1 unspecified atom stereocenters. The molecule has 0 saturated heterocycles. The third-order valence-corrected chi connectivity index (χ3v) is 7.18. The number of allylic oxidation sites excluding steroid dienone is 2. The number of phenolic OH excluding ortho intramolecular Hbond substituents is 1. The molecule has 3 aliphatic rings. The number of aliphatic hydroxyl groups excluding tert-OH is 2. The number of nitrogens with two attached hydrogens (primary N) is 1. The number of aromatic hydroxyl groups is 1. The SMILES string of the molecule is NC(=O)C1=C(O)C[C@@H]2CC3C(=C(O)[C@]2(O)C1=O)C(=O)c1c(O)cccc1[C@@H]3c1ccc(F)cc1. The number of carbonyl (C=O) groups excluding carboxylic acids is 3. The number of benzene rings is 2. The molecule has 34 heavy (non-hydrogen) atoms. The predicted octanol–water partition coefficient (Wildman–Crippen LogP) is 2.31. The highest BCUT2D eigenvalue weighted by atomic mass is 19.1. The van der Waals surface area contributed by atoms with E-state index in [1.807, 2.05) is 0 Å². The number of phenols is 1. The molecular formula is C25H20FNO7. The summed E-state index contributed by atoms with van der Waals surface area (Å²) < 4.78 is 13.6. The first-order chi connectivity index (χ1) is 16.1. The van der Waals surface area contributed by atoms with Crippen LogP contribution in [0.5, 0.6) is 5.75 Å². The number of amides is 1. The van der Waals surface area contributed by atoms with Crippen molar-refractivity contribution in [2.75, 3.05) is 0 Å². The fourth-order valence-electron chi connectivity index (χ4n) is 5.68. The minimum Gasteiger partial charge on any atom is -0.511 e. The first-order valence-electron chi connectivity index (χ1n) is 10.6. The number of hydrogen-bond acceptors (Lipinski definition) is 7. The van der Waals surface area contributed by atoms with E-state index in [9.17, 15) is 39.2 Å². The van der Waals surface area contributed by atoms with Gasteiger partial charge in [0.1, 0.15) is 28.7 Å². The van der Waals surface area contributed by atoms with E-state index >= 15 is 0 Å². The Morgan fingerprint density at radius 2 is 1.74 bits per heavy atom. The maximum absolute atomic E-state index is 13.6. The van der Waals surface area contributed by atoms with Gasteiger partial charge in [-0.2, -0.15) is 0 Å². The van der Waals surface area contributed by atoms with Crippen molar-refractivity contribution in [3.63, 3.8) is 0 Å². The number of fused-ring (bicyclic) bond motifs is 3. The van der Waals surface area contributed by atoms with Gasteiger partial charge in [-0.25, -0.2) is 4.39 Å². The molecule has 0 radical (unpaired) electrons. The van der Waals surface area contributed by atoms with E-state index in [0.717, 1.165) is 0 Å². The van der Waals surface area contributed by atoms with E-state index in [1.165, 1.54) is 30.3 Å². The summed E-state index contributed by atoms with van der Waals surface area (Å²) in [7, 11) is 0. The number of Topliss-reactive ketones (excluding diaryl/α,β-unsaturated/α-hetero) is 2. The van der Waals surface area contributed by atoms with Crippen LogP contribution >= 0.6 is 0 Å². The van der Waals surface area contributed by atoms with Crippen LogP contribution in [0.3, 0.4) is 0 Å². The maximum Gasteiger partial charge on any atom is 0.255 e. The highest BCUT2D eigenvalue weighted by molar-refractivity contribution is 6.24. The quantitative estimate of drug-likeness (QED) is 0.426. The summed E-state index contributed by atoms with van der Waals surface area (Å²) in [4.78, 5) is 38.3. The van der Waals surface area contributed by atoms with Gasteiger partial charge in [0, 0.05) is 29.7 Å². The second-order valence-corrected chi connectivity index (χ2v) is 8.89. The second-order valence-electron chi connectivity index (χ2n) is 8.89. The van der Waals surface area contributed by atoms with Crippen LogP contribution in [-0.4, -0.2) is 43.5 Å². The molecule has 5 rings (SSSR count). The number of hydrogen-bond donors (Lipinski definition) is 5. The van der Waals surface area contributed by atoms with Crippen LogP contribution in [0.1, 0.15) is 40.2 Å². The van der Waals surface area contributed by atoms with Gasteiger partial charge in [-0.1, -0.05) is 24.3 Å². The third-order valence-electron chi connectivity index (χ3n) is 7.18. The molecule has 4 atom stereocenters. The van der Waals surface area contributed by atoms with Crippen molar-refractivity contribution in [1.29, 1.82) is 0 Å².